The predicted octanol–water partition coefficient (Wildman–Crippen LogP) is 0.360. The van der Waals surface area contributed by atoms with E-state index in [0.29, 0.717) is 13.2 Å². The van der Waals surface area contributed by atoms with E-state index >= 15 is 0 Å². The fraction of sp³-hybridized carbons (Fsp3) is 0.625. The molecule has 0 spiro atoms. The Kier molecular flexibility index (Phi) is 6.15. The highest BCUT2D eigenvalue weighted by Crippen LogP contribution is 2.18. The lowest BCUT2D eigenvalue weighted by Gasteiger charge is -2.31. The maximum atomic E-state index is 12.0. The van der Waals surface area contributed by atoms with Crippen LogP contribution >= 0.6 is 0 Å². The summed E-state index contributed by atoms with van der Waals surface area (Å²) in [7, 11) is 3.38. The smallest absolute Gasteiger partial charge is 0.250 e. The first-order chi connectivity index (χ1) is 10.6. The molecule has 0 aliphatic carbocycles. The highest BCUT2D eigenvalue weighted by Gasteiger charge is 2.24. The zero-order valence-corrected chi connectivity index (χ0v) is 13.4. The van der Waals surface area contributed by atoms with Gasteiger partial charge < -0.3 is 14.6 Å². The fourth-order valence-electron chi connectivity index (χ4n) is 2.72. The Labute approximate surface area is 131 Å². The Hall–Kier alpha value is -1.66. The summed E-state index contributed by atoms with van der Waals surface area (Å²) >= 11 is 0. The normalized spacial score (nSPS) is 16.6. The van der Waals surface area contributed by atoms with E-state index in [2.05, 4.69) is 10.2 Å². The Balaban J connectivity index is 1.78. The number of carbonyl (C=O) groups excluding carboxylic acids is 1. The van der Waals surface area contributed by atoms with Crippen LogP contribution in [0.4, 0.5) is 0 Å². The first-order valence-corrected chi connectivity index (χ1v) is 7.74. The summed E-state index contributed by atoms with van der Waals surface area (Å²) in [6.45, 7) is 3.67. The second-order valence-corrected chi connectivity index (χ2v) is 5.82. The topological polar surface area (TPSA) is 63.6 Å². The van der Waals surface area contributed by atoms with Crippen molar-refractivity contribution < 1.29 is 9.53 Å². The number of methoxy groups -OCH3 is 1. The van der Waals surface area contributed by atoms with Gasteiger partial charge in [0.05, 0.1) is 6.61 Å². The number of carbonyl (C=O) groups is 1. The van der Waals surface area contributed by atoms with Gasteiger partial charge in [0, 0.05) is 45.4 Å². The molecule has 6 nitrogen and oxygen atoms in total. The van der Waals surface area contributed by atoms with Gasteiger partial charge in [-0.2, -0.15) is 0 Å². The molecule has 1 aromatic heterocycles. The van der Waals surface area contributed by atoms with Crippen molar-refractivity contribution in [2.24, 2.45) is 13.0 Å². The Bertz CT molecular complexity index is 548. The van der Waals surface area contributed by atoms with E-state index < -0.39 is 0 Å². The van der Waals surface area contributed by atoms with Crippen LogP contribution in [0, 0.1) is 5.92 Å². The Morgan fingerprint density at radius 3 is 2.77 bits per heavy atom. The number of ether oxygens (including phenoxy) is 1. The predicted molar refractivity (Wildman–Crippen MR) is 84.6 cm³/mol. The molecule has 1 fully saturated rings. The third-order valence-corrected chi connectivity index (χ3v) is 4.14. The van der Waals surface area contributed by atoms with E-state index in [-0.39, 0.29) is 17.4 Å². The van der Waals surface area contributed by atoms with Crippen molar-refractivity contribution in [1.82, 2.24) is 14.8 Å². The van der Waals surface area contributed by atoms with Crippen molar-refractivity contribution in [3.63, 3.8) is 0 Å². The van der Waals surface area contributed by atoms with Crippen LogP contribution in [0.15, 0.2) is 23.1 Å². The van der Waals surface area contributed by atoms with Gasteiger partial charge in [-0.3, -0.25) is 14.5 Å². The van der Waals surface area contributed by atoms with Gasteiger partial charge in [0.2, 0.25) is 5.91 Å². The highest BCUT2D eigenvalue weighted by atomic mass is 16.5. The van der Waals surface area contributed by atoms with E-state index in [4.69, 9.17) is 4.74 Å². The largest absolute Gasteiger partial charge is 0.383 e. The number of nitrogens with zero attached hydrogens (tertiary/aromatic N) is 2. The van der Waals surface area contributed by atoms with Crippen LogP contribution in [0.25, 0.3) is 0 Å². The number of hydrogen-bond donors (Lipinski definition) is 1. The lowest BCUT2D eigenvalue weighted by molar-refractivity contribution is -0.126. The lowest BCUT2D eigenvalue weighted by Crippen LogP contribution is -2.41. The van der Waals surface area contributed by atoms with Gasteiger partial charge in [-0.05, 0) is 37.6 Å². The number of aryl methyl sites for hydroxylation is 1. The molecule has 0 aromatic carbocycles. The van der Waals surface area contributed by atoms with E-state index in [0.717, 1.165) is 38.0 Å². The number of likely N-dealkylation sites (tertiary alicyclic amines) is 1. The van der Waals surface area contributed by atoms with Gasteiger partial charge in [0.1, 0.15) is 0 Å². The molecule has 0 atom stereocenters. The minimum atomic E-state index is 0.0184. The highest BCUT2D eigenvalue weighted by molar-refractivity contribution is 5.78. The standard InChI is InChI=1S/C16H25N3O3/c1-18-7-3-13(11-15(18)20)12-19-8-4-14(5-9-19)16(21)17-6-10-22-2/h3,7,11,14H,4-6,8-10,12H2,1-2H3,(H,17,21). The van der Waals surface area contributed by atoms with Gasteiger partial charge in [0.15, 0.2) is 0 Å². The molecule has 1 amide bonds. The van der Waals surface area contributed by atoms with E-state index in [1.165, 1.54) is 0 Å². The number of amides is 1. The maximum Gasteiger partial charge on any atom is 0.250 e. The lowest BCUT2D eigenvalue weighted by atomic mass is 9.95. The summed E-state index contributed by atoms with van der Waals surface area (Å²) in [4.78, 5) is 25.9. The molecular weight excluding hydrogens is 282 g/mol. The van der Waals surface area contributed by atoms with Crippen LogP contribution in [0.2, 0.25) is 0 Å². The van der Waals surface area contributed by atoms with Gasteiger partial charge in [-0.1, -0.05) is 0 Å². The molecule has 1 aliphatic rings. The molecule has 0 saturated carbocycles. The number of rotatable bonds is 6. The zero-order valence-electron chi connectivity index (χ0n) is 13.4. The number of nitrogens with one attached hydrogen (secondary N) is 1. The third-order valence-electron chi connectivity index (χ3n) is 4.14. The minimum absolute atomic E-state index is 0.0184. The number of piperidine rings is 1. The monoisotopic (exact) mass is 307 g/mol. The molecule has 1 aromatic rings. The van der Waals surface area contributed by atoms with Crippen molar-refractivity contribution in [3.8, 4) is 0 Å². The van der Waals surface area contributed by atoms with Crippen LogP contribution in [0.5, 0.6) is 0 Å². The zero-order chi connectivity index (χ0) is 15.9. The number of hydrogen-bond acceptors (Lipinski definition) is 4. The Morgan fingerprint density at radius 1 is 1.41 bits per heavy atom. The quantitative estimate of drug-likeness (QED) is 0.771. The summed E-state index contributed by atoms with van der Waals surface area (Å²) in [6.07, 6.45) is 3.53. The van der Waals surface area contributed by atoms with Crippen LogP contribution in [0.1, 0.15) is 18.4 Å². The first-order valence-electron chi connectivity index (χ1n) is 7.74. The molecule has 1 aliphatic heterocycles. The molecule has 6 heteroatoms. The molecule has 0 radical (unpaired) electrons. The Morgan fingerprint density at radius 2 is 2.14 bits per heavy atom. The molecule has 122 valence electrons. The average molecular weight is 307 g/mol. The van der Waals surface area contributed by atoms with Gasteiger partial charge in [-0.25, -0.2) is 0 Å². The molecule has 22 heavy (non-hydrogen) atoms. The molecule has 2 rings (SSSR count). The molecule has 2 heterocycles. The fourth-order valence-corrected chi connectivity index (χ4v) is 2.72. The van der Waals surface area contributed by atoms with Crippen LogP contribution < -0.4 is 10.9 Å². The summed E-state index contributed by atoms with van der Waals surface area (Å²) in [6, 6.07) is 3.66. The number of aromatic nitrogens is 1. The van der Waals surface area contributed by atoms with E-state index in [9.17, 15) is 9.59 Å². The van der Waals surface area contributed by atoms with Gasteiger partial charge >= 0.3 is 0 Å². The van der Waals surface area contributed by atoms with Crippen molar-refractivity contribution in [3.05, 3.63) is 34.2 Å². The molecule has 0 bridgehead atoms. The molecule has 1 N–H and O–H groups in total. The van der Waals surface area contributed by atoms with Crippen LogP contribution in [-0.4, -0.2) is 48.7 Å². The summed E-state index contributed by atoms with van der Waals surface area (Å²) in [5, 5.41) is 2.90. The van der Waals surface area contributed by atoms with E-state index in [1.807, 2.05) is 6.07 Å². The second kappa shape index (κ2) is 8.10. The van der Waals surface area contributed by atoms with Crippen LogP contribution in [0.3, 0.4) is 0 Å². The number of pyridine rings is 1. The van der Waals surface area contributed by atoms with Crippen LogP contribution in [-0.2, 0) is 23.1 Å². The first kappa shape index (κ1) is 16.7. The summed E-state index contributed by atoms with van der Waals surface area (Å²) < 4.78 is 6.50. The SMILES string of the molecule is COCCNC(=O)C1CCN(Cc2ccn(C)c(=O)c2)CC1. The van der Waals surface area contributed by atoms with E-state index in [1.54, 1.807) is 31.0 Å². The van der Waals surface area contributed by atoms with Gasteiger partial charge in [0.25, 0.3) is 5.56 Å². The molecule has 0 unspecified atom stereocenters. The summed E-state index contributed by atoms with van der Waals surface area (Å²) in [5.41, 5.74) is 1.05. The average Bonchev–Trinajstić information content (AvgIpc) is 2.52. The second-order valence-electron chi connectivity index (χ2n) is 5.82. The molecular formula is C16H25N3O3. The maximum absolute atomic E-state index is 12.0. The van der Waals surface area contributed by atoms with Crippen molar-refractivity contribution in [2.45, 2.75) is 19.4 Å². The van der Waals surface area contributed by atoms with Crippen molar-refractivity contribution >= 4 is 5.91 Å². The summed E-state index contributed by atoms with van der Waals surface area (Å²) in [5.74, 6) is 0.224. The van der Waals surface area contributed by atoms with Gasteiger partial charge in [-0.15, -0.1) is 0 Å². The molecule has 1 saturated heterocycles. The minimum Gasteiger partial charge on any atom is -0.383 e. The third kappa shape index (κ3) is 4.68. The van der Waals surface area contributed by atoms with Crippen molar-refractivity contribution in [1.29, 1.82) is 0 Å². The van der Waals surface area contributed by atoms with Crippen molar-refractivity contribution in [2.75, 3.05) is 33.4 Å².